The minimum atomic E-state index is -4.04. The van der Waals surface area contributed by atoms with Crippen molar-refractivity contribution in [2.75, 3.05) is 18.0 Å². The molecule has 0 radical (unpaired) electrons. The second-order valence-corrected chi connectivity index (χ2v) is 8.77. The molecule has 1 N–H and O–H groups in total. The fraction of sp³-hybridized carbons (Fsp3) is 0.316. The lowest BCUT2D eigenvalue weighted by molar-refractivity contribution is -0.120. The lowest BCUT2D eigenvalue weighted by Gasteiger charge is -2.25. The van der Waals surface area contributed by atoms with Gasteiger partial charge in [-0.1, -0.05) is 41.1 Å². The molecular formula is C19H23BrN2O4S. The summed E-state index contributed by atoms with van der Waals surface area (Å²) in [5.41, 5.74) is 0.402. The topological polar surface area (TPSA) is 75.7 Å². The summed E-state index contributed by atoms with van der Waals surface area (Å²) >= 11 is 3.30. The molecule has 2 aromatic carbocycles. The highest BCUT2D eigenvalue weighted by Gasteiger charge is 2.30. The van der Waals surface area contributed by atoms with Crippen LogP contribution in [0.3, 0.4) is 0 Å². The number of nitrogens with one attached hydrogen (secondary N) is 1. The Labute approximate surface area is 168 Å². The maximum absolute atomic E-state index is 13.4. The van der Waals surface area contributed by atoms with Crippen molar-refractivity contribution in [2.45, 2.75) is 31.2 Å². The van der Waals surface area contributed by atoms with E-state index in [0.29, 0.717) is 10.2 Å². The van der Waals surface area contributed by atoms with Gasteiger partial charge in [0.15, 0.2) is 0 Å². The van der Waals surface area contributed by atoms with E-state index < -0.39 is 10.0 Å². The summed E-state index contributed by atoms with van der Waals surface area (Å²) in [5.74, 6) is -0.160. The van der Waals surface area contributed by atoms with Gasteiger partial charge in [0.05, 0.1) is 12.8 Å². The van der Waals surface area contributed by atoms with Gasteiger partial charge in [-0.3, -0.25) is 9.10 Å². The van der Waals surface area contributed by atoms with Crippen LogP contribution in [0.5, 0.6) is 5.75 Å². The molecule has 27 heavy (non-hydrogen) atoms. The predicted molar refractivity (Wildman–Crippen MR) is 110 cm³/mol. The molecule has 0 spiro atoms. The van der Waals surface area contributed by atoms with Crippen LogP contribution >= 0.6 is 15.9 Å². The van der Waals surface area contributed by atoms with E-state index in [9.17, 15) is 13.2 Å². The third kappa shape index (κ3) is 5.23. The van der Waals surface area contributed by atoms with E-state index in [1.54, 1.807) is 42.5 Å². The SMILES string of the molecule is CC[C@@H](C)NC(=O)CN(c1ccccc1)S(=O)(=O)c1cc(Br)ccc1OC. The van der Waals surface area contributed by atoms with Crippen LogP contribution in [0.4, 0.5) is 5.69 Å². The van der Waals surface area contributed by atoms with Crippen LogP contribution in [0.1, 0.15) is 20.3 Å². The number of anilines is 1. The maximum Gasteiger partial charge on any atom is 0.268 e. The van der Waals surface area contributed by atoms with Crippen LogP contribution in [-0.4, -0.2) is 34.0 Å². The molecule has 2 aromatic rings. The third-order valence-corrected chi connectivity index (χ3v) is 6.33. The molecular weight excluding hydrogens is 432 g/mol. The quantitative estimate of drug-likeness (QED) is 0.661. The fourth-order valence-electron chi connectivity index (χ4n) is 2.43. The van der Waals surface area contributed by atoms with E-state index in [0.717, 1.165) is 10.7 Å². The summed E-state index contributed by atoms with van der Waals surface area (Å²) in [6.07, 6.45) is 0.753. The zero-order chi connectivity index (χ0) is 20.0. The highest BCUT2D eigenvalue weighted by atomic mass is 79.9. The van der Waals surface area contributed by atoms with E-state index >= 15 is 0 Å². The van der Waals surface area contributed by atoms with Crippen LogP contribution in [0.2, 0.25) is 0 Å². The Bertz CT molecular complexity index is 888. The molecule has 1 atom stereocenters. The Kier molecular flexibility index (Phi) is 7.26. The first-order valence-corrected chi connectivity index (χ1v) is 10.7. The Hall–Kier alpha value is -2.06. The summed E-state index contributed by atoms with van der Waals surface area (Å²) in [5, 5.41) is 2.81. The number of methoxy groups -OCH3 is 1. The van der Waals surface area contributed by atoms with Gasteiger partial charge in [-0.25, -0.2) is 8.42 Å². The minimum absolute atomic E-state index is 0.0143. The first kappa shape index (κ1) is 21.2. The first-order chi connectivity index (χ1) is 12.8. The van der Waals surface area contributed by atoms with Gasteiger partial charge in [0.1, 0.15) is 17.2 Å². The largest absolute Gasteiger partial charge is 0.495 e. The first-order valence-electron chi connectivity index (χ1n) is 8.50. The maximum atomic E-state index is 13.4. The number of carbonyl (C=O) groups is 1. The molecule has 8 heteroatoms. The van der Waals surface area contributed by atoms with Crippen LogP contribution in [0, 0.1) is 0 Å². The Morgan fingerprint density at radius 2 is 1.89 bits per heavy atom. The van der Waals surface area contributed by atoms with Gasteiger partial charge in [-0.2, -0.15) is 0 Å². The van der Waals surface area contributed by atoms with Crippen LogP contribution in [-0.2, 0) is 14.8 Å². The number of carbonyl (C=O) groups excluding carboxylic acids is 1. The van der Waals surface area contributed by atoms with Gasteiger partial charge in [-0.05, 0) is 43.7 Å². The molecule has 0 bridgehead atoms. The van der Waals surface area contributed by atoms with E-state index in [2.05, 4.69) is 21.2 Å². The average molecular weight is 455 g/mol. The molecule has 0 fully saturated rings. The molecule has 1 amide bonds. The molecule has 0 saturated carbocycles. The highest BCUT2D eigenvalue weighted by Crippen LogP contribution is 2.32. The van der Waals surface area contributed by atoms with Crippen molar-refractivity contribution in [3.8, 4) is 5.75 Å². The van der Waals surface area contributed by atoms with Crippen molar-refractivity contribution in [3.63, 3.8) is 0 Å². The average Bonchev–Trinajstić information content (AvgIpc) is 2.66. The Morgan fingerprint density at radius 3 is 2.48 bits per heavy atom. The van der Waals surface area contributed by atoms with Gasteiger partial charge >= 0.3 is 0 Å². The smallest absolute Gasteiger partial charge is 0.268 e. The van der Waals surface area contributed by atoms with Crippen LogP contribution in [0.15, 0.2) is 57.9 Å². The number of hydrogen-bond acceptors (Lipinski definition) is 4. The number of benzene rings is 2. The number of para-hydroxylation sites is 1. The highest BCUT2D eigenvalue weighted by molar-refractivity contribution is 9.10. The number of ether oxygens (including phenoxy) is 1. The number of nitrogens with zero attached hydrogens (tertiary/aromatic N) is 1. The van der Waals surface area contributed by atoms with Gasteiger partial charge in [0.2, 0.25) is 5.91 Å². The lowest BCUT2D eigenvalue weighted by atomic mass is 10.2. The second kappa shape index (κ2) is 9.23. The van der Waals surface area contributed by atoms with Gasteiger partial charge < -0.3 is 10.1 Å². The molecule has 0 aliphatic rings. The molecule has 0 unspecified atom stereocenters. The molecule has 2 rings (SSSR count). The standard InChI is InChI=1S/C19H23BrN2O4S/c1-4-14(2)21-19(23)13-22(16-8-6-5-7-9-16)27(24,25)18-12-15(20)10-11-17(18)26-3/h5-12,14H,4,13H2,1-3H3,(H,21,23)/t14-/m1/s1. The van der Waals surface area contributed by atoms with Gasteiger partial charge in [-0.15, -0.1) is 0 Å². The lowest BCUT2D eigenvalue weighted by Crippen LogP contribution is -2.43. The summed E-state index contributed by atoms with van der Waals surface area (Å²) in [7, 11) is -2.63. The Morgan fingerprint density at radius 1 is 1.22 bits per heavy atom. The molecule has 0 heterocycles. The number of sulfonamides is 1. The predicted octanol–water partition coefficient (Wildman–Crippen LogP) is 3.57. The van der Waals surface area contributed by atoms with Crippen molar-refractivity contribution < 1.29 is 17.9 Å². The zero-order valence-corrected chi connectivity index (χ0v) is 17.9. The second-order valence-electron chi connectivity index (χ2n) is 6.02. The fourth-order valence-corrected chi connectivity index (χ4v) is 4.55. The molecule has 0 aliphatic heterocycles. The number of amides is 1. The monoisotopic (exact) mass is 454 g/mol. The summed E-state index contributed by atoms with van der Waals surface area (Å²) in [4.78, 5) is 12.4. The molecule has 6 nitrogen and oxygen atoms in total. The minimum Gasteiger partial charge on any atom is -0.495 e. The summed E-state index contributed by atoms with van der Waals surface area (Å²) < 4.78 is 33.7. The van der Waals surface area contributed by atoms with E-state index in [1.165, 1.54) is 13.2 Å². The molecule has 0 aliphatic carbocycles. The van der Waals surface area contributed by atoms with Crippen molar-refractivity contribution in [3.05, 3.63) is 53.0 Å². The normalized spacial score (nSPS) is 12.3. The van der Waals surface area contributed by atoms with Crippen molar-refractivity contribution in [2.24, 2.45) is 0 Å². The van der Waals surface area contributed by atoms with Crippen molar-refractivity contribution in [1.82, 2.24) is 5.32 Å². The van der Waals surface area contributed by atoms with E-state index in [4.69, 9.17) is 4.74 Å². The third-order valence-electron chi connectivity index (χ3n) is 4.04. The van der Waals surface area contributed by atoms with Crippen LogP contribution in [0.25, 0.3) is 0 Å². The number of rotatable bonds is 8. The van der Waals surface area contributed by atoms with E-state index in [-0.39, 0.29) is 29.1 Å². The molecule has 0 saturated heterocycles. The number of halogens is 1. The van der Waals surface area contributed by atoms with Gasteiger partial charge in [0, 0.05) is 10.5 Å². The number of hydrogen-bond donors (Lipinski definition) is 1. The summed E-state index contributed by atoms with van der Waals surface area (Å²) in [6.45, 7) is 3.49. The van der Waals surface area contributed by atoms with Gasteiger partial charge in [0.25, 0.3) is 10.0 Å². The zero-order valence-electron chi connectivity index (χ0n) is 15.5. The van der Waals surface area contributed by atoms with Crippen LogP contribution < -0.4 is 14.4 Å². The van der Waals surface area contributed by atoms with E-state index in [1.807, 2.05) is 13.8 Å². The summed E-state index contributed by atoms with van der Waals surface area (Å²) in [6, 6.07) is 13.2. The molecule has 146 valence electrons. The molecule has 0 aromatic heterocycles. The Balaban J connectivity index is 2.50. The van der Waals surface area contributed by atoms with Crippen molar-refractivity contribution >= 4 is 37.5 Å². The van der Waals surface area contributed by atoms with Crippen molar-refractivity contribution in [1.29, 1.82) is 0 Å².